The molecule has 1 atom stereocenters. The number of hydrogen-bond donors (Lipinski definition) is 2. The number of rotatable bonds is 6. The molecule has 0 saturated heterocycles. The molecule has 0 heterocycles. The second-order valence-corrected chi connectivity index (χ2v) is 4.81. The van der Waals surface area contributed by atoms with Crippen molar-refractivity contribution >= 4 is 0 Å². The lowest BCUT2D eigenvalue weighted by Gasteiger charge is -2.21. The monoisotopic (exact) mass is 286 g/mol. The molecule has 2 aromatic rings. The first-order valence-corrected chi connectivity index (χ1v) is 7.00. The number of ether oxygens (including phenoxy) is 2. The largest absolute Gasteiger partial charge is 0.497 e. The van der Waals surface area contributed by atoms with Gasteiger partial charge in [0.15, 0.2) is 0 Å². The van der Waals surface area contributed by atoms with Gasteiger partial charge in [0.05, 0.1) is 20.3 Å². The Morgan fingerprint density at radius 2 is 1.90 bits per heavy atom. The van der Waals surface area contributed by atoms with E-state index in [9.17, 15) is 0 Å². The summed E-state index contributed by atoms with van der Waals surface area (Å²) in [4.78, 5) is 0. The summed E-state index contributed by atoms with van der Waals surface area (Å²) in [6.07, 6.45) is 0.986. The third-order valence-electron chi connectivity index (χ3n) is 3.61. The van der Waals surface area contributed by atoms with Crippen LogP contribution in [-0.2, 0) is 6.42 Å². The van der Waals surface area contributed by atoms with Crippen LogP contribution in [0.2, 0.25) is 0 Å². The Balaban J connectivity index is 2.49. The molecule has 4 nitrogen and oxygen atoms in total. The van der Waals surface area contributed by atoms with E-state index in [1.54, 1.807) is 14.2 Å². The molecule has 2 aromatic carbocycles. The Kier molecular flexibility index (Phi) is 5.20. The number of nitrogens with two attached hydrogens (primary N) is 1. The van der Waals surface area contributed by atoms with Crippen molar-refractivity contribution in [3.8, 4) is 11.5 Å². The van der Waals surface area contributed by atoms with Gasteiger partial charge in [-0.15, -0.1) is 0 Å². The third-order valence-corrected chi connectivity index (χ3v) is 3.61. The third kappa shape index (κ3) is 3.35. The number of hydrogen-bond acceptors (Lipinski definition) is 4. The highest BCUT2D eigenvalue weighted by molar-refractivity contribution is 5.46. The van der Waals surface area contributed by atoms with Crippen LogP contribution in [0.5, 0.6) is 11.5 Å². The van der Waals surface area contributed by atoms with E-state index < -0.39 is 0 Å². The molecule has 0 aliphatic rings. The Morgan fingerprint density at radius 1 is 1.10 bits per heavy atom. The van der Waals surface area contributed by atoms with Gasteiger partial charge in [-0.2, -0.15) is 0 Å². The Bertz CT molecular complexity index is 599. The predicted octanol–water partition coefficient (Wildman–Crippen LogP) is 2.82. The molecule has 0 aliphatic carbocycles. The molecule has 1 unspecified atom stereocenters. The summed E-state index contributed by atoms with van der Waals surface area (Å²) in [5.74, 6) is 7.35. The highest BCUT2D eigenvalue weighted by Crippen LogP contribution is 2.33. The summed E-state index contributed by atoms with van der Waals surface area (Å²) < 4.78 is 10.8. The van der Waals surface area contributed by atoms with Gasteiger partial charge < -0.3 is 9.47 Å². The molecule has 0 aromatic heterocycles. The molecule has 2 rings (SSSR count). The van der Waals surface area contributed by atoms with Crippen LogP contribution in [0.3, 0.4) is 0 Å². The fourth-order valence-electron chi connectivity index (χ4n) is 2.42. The topological polar surface area (TPSA) is 56.5 Å². The average Bonchev–Trinajstić information content (AvgIpc) is 2.55. The van der Waals surface area contributed by atoms with Gasteiger partial charge in [0.25, 0.3) is 0 Å². The maximum atomic E-state index is 5.80. The van der Waals surface area contributed by atoms with Gasteiger partial charge in [-0.1, -0.05) is 31.2 Å². The highest BCUT2D eigenvalue weighted by atomic mass is 16.5. The summed E-state index contributed by atoms with van der Waals surface area (Å²) in [5, 5.41) is 0. The first-order chi connectivity index (χ1) is 10.2. The first-order valence-electron chi connectivity index (χ1n) is 7.00. The number of nitrogens with one attached hydrogen (secondary N) is 1. The molecule has 0 bridgehead atoms. The average molecular weight is 286 g/mol. The zero-order chi connectivity index (χ0) is 15.2. The SMILES string of the molecule is CCc1cccc(C(NN)c2cc(OC)ccc2OC)c1. The lowest BCUT2D eigenvalue weighted by molar-refractivity contribution is 0.394. The van der Waals surface area contributed by atoms with Crippen LogP contribution in [0.15, 0.2) is 42.5 Å². The van der Waals surface area contributed by atoms with Crippen molar-refractivity contribution in [2.24, 2.45) is 5.84 Å². The molecule has 0 spiro atoms. The van der Waals surface area contributed by atoms with Crippen molar-refractivity contribution in [1.29, 1.82) is 0 Å². The van der Waals surface area contributed by atoms with Gasteiger partial charge in [-0.3, -0.25) is 5.84 Å². The van der Waals surface area contributed by atoms with Gasteiger partial charge in [0, 0.05) is 5.56 Å². The van der Waals surface area contributed by atoms with Crippen LogP contribution in [0.4, 0.5) is 0 Å². The number of benzene rings is 2. The van der Waals surface area contributed by atoms with Crippen molar-refractivity contribution in [3.05, 3.63) is 59.2 Å². The molecular formula is C17H22N2O2. The van der Waals surface area contributed by atoms with E-state index in [1.165, 1.54) is 5.56 Å². The maximum absolute atomic E-state index is 5.80. The standard InChI is InChI=1S/C17H22N2O2/c1-4-12-6-5-7-13(10-12)17(19-18)15-11-14(20-2)8-9-16(15)21-3/h5-11,17,19H,4,18H2,1-3H3. The van der Waals surface area contributed by atoms with Crippen molar-refractivity contribution in [1.82, 2.24) is 5.43 Å². The number of hydrazine groups is 1. The zero-order valence-corrected chi connectivity index (χ0v) is 12.7. The molecule has 0 aliphatic heterocycles. The van der Waals surface area contributed by atoms with Crippen LogP contribution in [0, 0.1) is 0 Å². The minimum atomic E-state index is -0.151. The van der Waals surface area contributed by atoms with Crippen LogP contribution in [0.1, 0.15) is 29.7 Å². The van der Waals surface area contributed by atoms with Crippen molar-refractivity contribution < 1.29 is 9.47 Å². The van der Waals surface area contributed by atoms with E-state index in [0.717, 1.165) is 29.0 Å². The first kappa shape index (κ1) is 15.4. The van der Waals surface area contributed by atoms with Crippen LogP contribution in [-0.4, -0.2) is 14.2 Å². The Hall–Kier alpha value is -2.04. The fourth-order valence-corrected chi connectivity index (χ4v) is 2.42. The van der Waals surface area contributed by atoms with E-state index in [-0.39, 0.29) is 6.04 Å². The molecule has 0 saturated carbocycles. The lowest BCUT2D eigenvalue weighted by atomic mass is 9.96. The zero-order valence-electron chi connectivity index (χ0n) is 12.7. The summed E-state index contributed by atoms with van der Waals surface area (Å²) >= 11 is 0. The second-order valence-electron chi connectivity index (χ2n) is 4.81. The summed E-state index contributed by atoms with van der Waals surface area (Å²) in [6.45, 7) is 2.14. The van der Waals surface area contributed by atoms with Gasteiger partial charge in [-0.05, 0) is 35.7 Å². The smallest absolute Gasteiger partial charge is 0.124 e. The second kappa shape index (κ2) is 7.11. The van der Waals surface area contributed by atoms with E-state index in [0.29, 0.717) is 0 Å². The van der Waals surface area contributed by atoms with E-state index in [1.807, 2.05) is 24.3 Å². The van der Waals surface area contributed by atoms with Crippen LogP contribution >= 0.6 is 0 Å². The quantitative estimate of drug-likeness (QED) is 0.633. The maximum Gasteiger partial charge on any atom is 0.124 e. The molecular weight excluding hydrogens is 264 g/mol. The van der Waals surface area contributed by atoms with E-state index in [2.05, 4.69) is 30.5 Å². The van der Waals surface area contributed by atoms with Crippen molar-refractivity contribution in [3.63, 3.8) is 0 Å². The van der Waals surface area contributed by atoms with Gasteiger partial charge >= 0.3 is 0 Å². The van der Waals surface area contributed by atoms with E-state index in [4.69, 9.17) is 15.3 Å². The highest BCUT2D eigenvalue weighted by Gasteiger charge is 2.18. The molecule has 112 valence electrons. The molecule has 0 radical (unpaired) electrons. The minimum Gasteiger partial charge on any atom is -0.497 e. The molecule has 0 amide bonds. The van der Waals surface area contributed by atoms with Gasteiger partial charge in [0.1, 0.15) is 11.5 Å². The fraction of sp³-hybridized carbons (Fsp3) is 0.294. The number of methoxy groups -OCH3 is 2. The van der Waals surface area contributed by atoms with Gasteiger partial charge in [0.2, 0.25) is 0 Å². The van der Waals surface area contributed by atoms with Gasteiger partial charge in [-0.25, -0.2) is 5.43 Å². The minimum absolute atomic E-state index is 0.151. The summed E-state index contributed by atoms with van der Waals surface area (Å²) in [6, 6.07) is 13.9. The van der Waals surface area contributed by atoms with Crippen LogP contribution in [0.25, 0.3) is 0 Å². The van der Waals surface area contributed by atoms with E-state index >= 15 is 0 Å². The Labute approximate surface area is 125 Å². The molecule has 3 N–H and O–H groups in total. The molecule has 4 heteroatoms. The van der Waals surface area contributed by atoms with Crippen molar-refractivity contribution in [2.45, 2.75) is 19.4 Å². The summed E-state index contributed by atoms with van der Waals surface area (Å²) in [7, 11) is 3.30. The Morgan fingerprint density at radius 3 is 2.52 bits per heavy atom. The predicted molar refractivity (Wildman–Crippen MR) is 84.5 cm³/mol. The van der Waals surface area contributed by atoms with Crippen LogP contribution < -0.4 is 20.7 Å². The van der Waals surface area contributed by atoms with Crippen molar-refractivity contribution in [2.75, 3.05) is 14.2 Å². The normalized spacial score (nSPS) is 12.0. The summed E-state index contributed by atoms with van der Waals surface area (Å²) in [5.41, 5.74) is 6.20. The molecule has 21 heavy (non-hydrogen) atoms. The lowest BCUT2D eigenvalue weighted by Crippen LogP contribution is -2.29. The molecule has 0 fully saturated rings. The number of aryl methyl sites for hydroxylation is 1.